The van der Waals surface area contributed by atoms with E-state index >= 15 is 0 Å². The molecule has 2 saturated heterocycles. The summed E-state index contributed by atoms with van der Waals surface area (Å²) in [5, 5.41) is 7.14. The van der Waals surface area contributed by atoms with Crippen LogP contribution in [-0.2, 0) is 9.63 Å². The number of nitrogens with one attached hydrogen (secondary N) is 1. The van der Waals surface area contributed by atoms with Gasteiger partial charge in [0.15, 0.2) is 0 Å². The number of benzene rings is 2. The summed E-state index contributed by atoms with van der Waals surface area (Å²) in [5.41, 5.74) is 2.85. The van der Waals surface area contributed by atoms with Crippen LogP contribution in [-0.4, -0.2) is 72.8 Å². The first-order chi connectivity index (χ1) is 16.1. The highest BCUT2D eigenvalue weighted by molar-refractivity contribution is 5.92. The third kappa shape index (κ3) is 6.03. The molecule has 8 heteroatoms. The molecular formula is C25H31N5O3. The Hall–Kier alpha value is -3.55. The number of para-hydroxylation sites is 2. The number of carbonyl (C=O) groups is 2. The van der Waals surface area contributed by atoms with E-state index in [0.29, 0.717) is 39.0 Å². The van der Waals surface area contributed by atoms with Crippen LogP contribution >= 0.6 is 0 Å². The number of piperazine rings is 1. The maximum Gasteiger partial charge on any atom is 0.321 e. The number of urea groups is 1. The number of hydrogen-bond acceptors (Lipinski definition) is 5. The Kier molecular flexibility index (Phi) is 7.44. The molecule has 4 rings (SSSR count). The Morgan fingerprint density at radius 3 is 2.09 bits per heavy atom. The lowest BCUT2D eigenvalue weighted by molar-refractivity contribution is -0.142. The topological polar surface area (TPSA) is 77.5 Å². The van der Waals surface area contributed by atoms with Gasteiger partial charge in [0.1, 0.15) is 0 Å². The van der Waals surface area contributed by atoms with Crippen molar-refractivity contribution in [1.29, 1.82) is 0 Å². The molecule has 2 aliphatic heterocycles. The summed E-state index contributed by atoms with van der Waals surface area (Å²) in [4.78, 5) is 36.7. The highest BCUT2D eigenvalue weighted by Crippen LogP contribution is 2.17. The fourth-order valence-corrected chi connectivity index (χ4v) is 4.06. The van der Waals surface area contributed by atoms with Crippen LogP contribution in [0.1, 0.15) is 19.8 Å². The van der Waals surface area contributed by atoms with Crippen molar-refractivity contribution in [3.8, 4) is 0 Å². The summed E-state index contributed by atoms with van der Waals surface area (Å²) in [5.74, 6) is -0.0354. The highest BCUT2D eigenvalue weighted by Gasteiger charge is 2.27. The molecule has 0 aliphatic carbocycles. The normalized spacial score (nSPS) is 17.4. The lowest BCUT2D eigenvalue weighted by Crippen LogP contribution is -2.51. The zero-order chi connectivity index (χ0) is 23.0. The van der Waals surface area contributed by atoms with E-state index < -0.39 is 6.10 Å². The largest absolute Gasteiger partial charge is 0.383 e. The lowest BCUT2D eigenvalue weighted by atomic mass is 10.1. The predicted octanol–water partition coefficient (Wildman–Crippen LogP) is 3.42. The number of anilines is 2. The number of nitrogens with zero attached hydrogens (tertiary/aromatic N) is 4. The van der Waals surface area contributed by atoms with E-state index in [2.05, 4.69) is 27.5 Å². The average molecular weight is 450 g/mol. The van der Waals surface area contributed by atoms with Gasteiger partial charge in [-0.3, -0.25) is 4.79 Å². The van der Waals surface area contributed by atoms with Crippen molar-refractivity contribution in [3.05, 3.63) is 60.7 Å². The molecule has 8 nitrogen and oxygen atoms in total. The summed E-state index contributed by atoms with van der Waals surface area (Å²) >= 11 is 0. The van der Waals surface area contributed by atoms with Gasteiger partial charge in [-0.15, -0.1) is 0 Å². The van der Waals surface area contributed by atoms with Crippen LogP contribution in [0.5, 0.6) is 0 Å². The van der Waals surface area contributed by atoms with E-state index in [0.717, 1.165) is 24.5 Å². The number of oxime groups is 1. The first kappa shape index (κ1) is 22.6. The standard InChI is InChI=1S/C25H31N5O3/c1-20(24(31)29-18-16-28(17-19-29)23-10-6-3-7-11-23)33-27-22-12-14-30(15-13-22)25(32)26-21-8-4-2-5-9-21/h2-11,20H,12-19H2,1H3,(H,26,32). The number of carbonyl (C=O) groups excluding carboxylic acids is 2. The Morgan fingerprint density at radius 1 is 0.848 bits per heavy atom. The molecule has 0 radical (unpaired) electrons. The van der Waals surface area contributed by atoms with Crippen LogP contribution in [0.2, 0.25) is 0 Å². The van der Waals surface area contributed by atoms with Crippen LogP contribution in [0.15, 0.2) is 65.8 Å². The van der Waals surface area contributed by atoms with Crippen molar-refractivity contribution in [3.63, 3.8) is 0 Å². The minimum atomic E-state index is -0.625. The number of likely N-dealkylation sites (tertiary alicyclic amines) is 1. The highest BCUT2D eigenvalue weighted by atomic mass is 16.6. The van der Waals surface area contributed by atoms with Crippen LogP contribution in [0.25, 0.3) is 0 Å². The fourth-order valence-electron chi connectivity index (χ4n) is 4.06. The molecule has 0 saturated carbocycles. The Balaban J connectivity index is 1.19. The second-order valence-corrected chi connectivity index (χ2v) is 8.34. The van der Waals surface area contributed by atoms with Crippen molar-refractivity contribution < 1.29 is 14.4 Å². The van der Waals surface area contributed by atoms with Crippen LogP contribution in [0, 0.1) is 0 Å². The smallest absolute Gasteiger partial charge is 0.321 e. The van der Waals surface area contributed by atoms with E-state index in [-0.39, 0.29) is 11.9 Å². The van der Waals surface area contributed by atoms with Crippen molar-refractivity contribution in [2.45, 2.75) is 25.9 Å². The first-order valence-electron chi connectivity index (χ1n) is 11.5. The van der Waals surface area contributed by atoms with Crippen molar-refractivity contribution in [1.82, 2.24) is 9.80 Å². The summed E-state index contributed by atoms with van der Waals surface area (Å²) in [6, 6.07) is 19.6. The minimum absolute atomic E-state index is 0.0354. The van der Waals surface area contributed by atoms with Gasteiger partial charge < -0.3 is 24.9 Å². The van der Waals surface area contributed by atoms with Gasteiger partial charge in [-0.25, -0.2) is 4.79 Å². The Bertz CT molecular complexity index is 949. The van der Waals surface area contributed by atoms with Crippen LogP contribution in [0.3, 0.4) is 0 Å². The van der Waals surface area contributed by atoms with Gasteiger partial charge in [0, 0.05) is 63.5 Å². The molecule has 2 aromatic carbocycles. The van der Waals surface area contributed by atoms with E-state index in [9.17, 15) is 9.59 Å². The zero-order valence-corrected chi connectivity index (χ0v) is 19.0. The molecule has 0 aromatic heterocycles. The Morgan fingerprint density at radius 2 is 1.45 bits per heavy atom. The molecule has 174 valence electrons. The van der Waals surface area contributed by atoms with Crippen molar-refractivity contribution in [2.24, 2.45) is 5.16 Å². The first-order valence-corrected chi connectivity index (χ1v) is 11.5. The van der Waals surface area contributed by atoms with Crippen LogP contribution < -0.4 is 10.2 Å². The van der Waals surface area contributed by atoms with Gasteiger partial charge in [-0.1, -0.05) is 41.6 Å². The number of amides is 3. The van der Waals surface area contributed by atoms with E-state index in [4.69, 9.17) is 4.84 Å². The summed E-state index contributed by atoms with van der Waals surface area (Å²) in [7, 11) is 0. The molecule has 33 heavy (non-hydrogen) atoms. The van der Waals surface area contributed by atoms with Gasteiger partial charge >= 0.3 is 6.03 Å². The van der Waals surface area contributed by atoms with Gasteiger partial charge in [0.05, 0.1) is 5.71 Å². The molecule has 3 amide bonds. The number of rotatable bonds is 5. The second-order valence-electron chi connectivity index (χ2n) is 8.34. The summed E-state index contributed by atoms with van der Waals surface area (Å²) in [6.07, 6.45) is 0.651. The lowest BCUT2D eigenvalue weighted by Gasteiger charge is -2.36. The van der Waals surface area contributed by atoms with Crippen LogP contribution in [0.4, 0.5) is 16.2 Å². The summed E-state index contributed by atoms with van der Waals surface area (Å²) < 4.78 is 0. The molecule has 2 heterocycles. The molecule has 1 N–H and O–H groups in total. The average Bonchev–Trinajstić information content (AvgIpc) is 2.88. The monoisotopic (exact) mass is 449 g/mol. The quantitative estimate of drug-likeness (QED) is 0.710. The third-order valence-electron chi connectivity index (χ3n) is 6.05. The van der Waals surface area contributed by atoms with Gasteiger partial charge in [0.2, 0.25) is 6.10 Å². The van der Waals surface area contributed by atoms with E-state index in [1.807, 2.05) is 53.4 Å². The zero-order valence-electron chi connectivity index (χ0n) is 19.0. The second kappa shape index (κ2) is 10.8. The number of hydrogen-bond donors (Lipinski definition) is 1. The third-order valence-corrected chi connectivity index (χ3v) is 6.05. The molecule has 0 spiro atoms. The van der Waals surface area contributed by atoms with Crippen molar-refractivity contribution in [2.75, 3.05) is 49.5 Å². The maximum atomic E-state index is 12.8. The molecule has 2 aliphatic rings. The summed E-state index contributed by atoms with van der Waals surface area (Å²) in [6.45, 7) is 5.84. The fraction of sp³-hybridized carbons (Fsp3) is 0.400. The number of piperidine rings is 1. The molecule has 2 aromatic rings. The SMILES string of the molecule is CC(ON=C1CCN(C(=O)Nc2ccccc2)CC1)C(=O)N1CCN(c2ccccc2)CC1. The molecule has 1 atom stereocenters. The van der Waals surface area contributed by atoms with E-state index in [1.165, 1.54) is 5.69 Å². The van der Waals surface area contributed by atoms with Gasteiger partial charge in [-0.05, 0) is 31.2 Å². The predicted molar refractivity (Wildman–Crippen MR) is 129 cm³/mol. The minimum Gasteiger partial charge on any atom is -0.383 e. The molecule has 1 unspecified atom stereocenters. The molecule has 0 bridgehead atoms. The van der Waals surface area contributed by atoms with Crippen molar-refractivity contribution >= 4 is 29.0 Å². The maximum absolute atomic E-state index is 12.8. The molecular weight excluding hydrogens is 418 g/mol. The van der Waals surface area contributed by atoms with E-state index in [1.54, 1.807) is 11.8 Å². The molecule has 2 fully saturated rings. The van der Waals surface area contributed by atoms with Gasteiger partial charge in [0.25, 0.3) is 5.91 Å². The van der Waals surface area contributed by atoms with Gasteiger partial charge in [-0.2, -0.15) is 0 Å². The Labute approximate surface area is 194 Å².